The van der Waals surface area contributed by atoms with E-state index < -0.39 is 12.1 Å². The number of hydrogen-bond acceptors (Lipinski definition) is 5. The van der Waals surface area contributed by atoms with Crippen LogP contribution in [0.3, 0.4) is 0 Å². The average Bonchev–Trinajstić information content (AvgIpc) is 3.21. The van der Waals surface area contributed by atoms with Crippen LogP contribution in [0.5, 0.6) is 0 Å². The van der Waals surface area contributed by atoms with E-state index in [0.717, 1.165) is 11.3 Å². The zero-order chi connectivity index (χ0) is 20.8. The highest BCUT2D eigenvalue weighted by Gasteiger charge is 2.15. The van der Waals surface area contributed by atoms with Gasteiger partial charge in [-0.3, -0.25) is 0 Å². The van der Waals surface area contributed by atoms with Crippen LogP contribution in [-0.4, -0.2) is 35.3 Å². The maximum atomic E-state index is 11.3. The summed E-state index contributed by atoms with van der Waals surface area (Å²) in [7, 11) is 0. The van der Waals surface area contributed by atoms with Gasteiger partial charge in [0.2, 0.25) is 0 Å². The van der Waals surface area contributed by atoms with Crippen LogP contribution in [0.25, 0.3) is 11.3 Å². The number of halogens is 1. The lowest BCUT2D eigenvalue weighted by Crippen LogP contribution is -2.35. The van der Waals surface area contributed by atoms with E-state index in [4.69, 9.17) is 16.0 Å². The Morgan fingerprint density at radius 1 is 1.14 bits per heavy atom. The number of aliphatic hydroxyl groups excluding tert-OH is 1. The third-order valence-corrected chi connectivity index (χ3v) is 4.76. The van der Waals surface area contributed by atoms with Gasteiger partial charge in [0.25, 0.3) is 0 Å². The summed E-state index contributed by atoms with van der Waals surface area (Å²) in [6.07, 6.45) is 0.726. The average molecular weight is 415 g/mol. The molecule has 0 spiro atoms. The molecule has 0 aliphatic heterocycles. The molecule has 3 rings (SSSR count). The van der Waals surface area contributed by atoms with Gasteiger partial charge in [-0.15, -0.1) is 0 Å². The zero-order valence-corrected chi connectivity index (χ0v) is 16.7. The van der Waals surface area contributed by atoms with Crippen molar-refractivity contribution in [3.8, 4) is 11.3 Å². The summed E-state index contributed by atoms with van der Waals surface area (Å²) in [5.41, 5.74) is 2.44. The second-order valence-electron chi connectivity index (χ2n) is 6.81. The van der Waals surface area contributed by atoms with Gasteiger partial charge < -0.3 is 25.3 Å². The van der Waals surface area contributed by atoms with Gasteiger partial charge >= 0.3 is 5.97 Å². The predicted molar refractivity (Wildman–Crippen MR) is 113 cm³/mol. The molecule has 3 aromatic rings. The SMILES string of the molecule is C[C@H](CNc1cccc(-c2occc2C(=O)O)c1)NC[C@H](O)c1cccc(Cl)c1. The lowest BCUT2D eigenvalue weighted by Gasteiger charge is -2.19. The van der Waals surface area contributed by atoms with E-state index in [9.17, 15) is 15.0 Å². The summed E-state index contributed by atoms with van der Waals surface area (Å²) in [6, 6.07) is 16.1. The van der Waals surface area contributed by atoms with Gasteiger partial charge in [0, 0.05) is 35.4 Å². The van der Waals surface area contributed by atoms with Crippen molar-refractivity contribution in [1.82, 2.24) is 5.32 Å². The first-order chi connectivity index (χ1) is 13.9. The van der Waals surface area contributed by atoms with Crippen LogP contribution >= 0.6 is 11.6 Å². The Hall–Kier alpha value is -2.80. The van der Waals surface area contributed by atoms with Gasteiger partial charge in [0.05, 0.1) is 12.4 Å². The minimum atomic E-state index is -1.02. The number of furan rings is 1. The van der Waals surface area contributed by atoms with Crippen molar-refractivity contribution in [1.29, 1.82) is 0 Å². The van der Waals surface area contributed by atoms with E-state index in [1.54, 1.807) is 18.2 Å². The molecule has 0 bridgehead atoms. The van der Waals surface area contributed by atoms with Gasteiger partial charge in [-0.25, -0.2) is 4.79 Å². The Labute approximate surface area is 174 Å². The van der Waals surface area contributed by atoms with Crippen LogP contribution in [0.15, 0.2) is 65.3 Å². The Morgan fingerprint density at radius 3 is 2.69 bits per heavy atom. The Bertz CT molecular complexity index is 973. The number of nitrogens with one attached hydrogen (secondary N) is 2. The molecule has 0 fully saturated rings. The monoisotopic (exact) mass is 414 g/mol. The fourth-order valence-corrected chi connectivity index (χ4v) is 3.16. The van der Waals surface area contributed by atoms with E-state index in [2.05, 4.69) is 10.6 Å². The molecule has 0 aliphatic rings. The predicted octanol–water partition coefficient (Wildman–Crippen LogP) is 4.42. The third kappa shape index (κ3) is 5.60. The number of carboxylic acid groups (broad SMARTS) is 1. The Balaban J connectivity index is 1.54. The highest BCUT2D eigenvalue weighted by atomic mass is 35.5. The number of benzene rings is 2. The normalized spacial score (nSPS) is 13.1. The van der Waals surface area contributed by atoms with Crippen molar-refractivity contribution >= 4 is 23.3 Å². The Kier molecular flexibility index (Phi) is 6.93. The second kappa shape index (κ2) is 9.60. The van der Waals surface area contributed by atoms with Crippen molar-refractivity contribution in [2.24, 2.45) is 0 Å². The lowest BCUT2D eigenvalue weighted by atomic mass is 10.1. The van der Waals surface area contributed by atoms with Crippen LogP contribution in [0.2, 0.25) is 5.02 Å². The zero-order valence-electron chi connectivity index (χ0n) is 15.9. The van der Waals surface area contributed by atoms with Crippen LogP contribution in [-0.2, 0) is 0 Å². The second-order valence-corrected chi connectivity index (χ2v) is 7.25. The van der Waals surface area contributed by atoms with Crippen molar-refractivity contribution in [2.75, 3.05) is 18.4 Å². The number of aliphatic hydroxyl groups is 1. The molecule has 29 heavy (non-hydrogen) atoms. The number of aromatic carboxylic acids is 1. The first-order valence-electron chi connectivity index (χ1n) is 9.26. The highest BCUT2D eigenvalue weighted by molar-refractivity contribution is 6.30. The lowest BCUT2D eigenvalue weighted by molar-refractivity contribution is 0.0697. The maximum Gasteiger partial charge on any atom is 0.339 e. The number of carboxylic acids is 1. The molecular formula is C22H23ClN2O4. The molecule has 0 saturated carbocycles. The van der Waals surface area contributed by atoms with Crippen molar-refractivity contribution in [2.45, 2.75) is 19.1 Å². The van der Waals surface area contributed by atoms with Crippen LogP contribution in [0.4, 0.5) is 5.69 Å². The summed E-state index contributed by atoms with van der Waals surface area (Å²) in [4.78, 5) is 11.3. The van der Waals surface area contributed by atoms with Crippen molar-refractivity contribution in [3.63, 3.8) is 0 Å². The third-order valence-electron chi connectivity index (χ3n) is 4.53. The number of anilines is 1. The molecule has 0 radical (unpaired) electrons. The van der Waals surface area contributed by atoms with Crippen LogP contribution in [0, 0.1) is 0 Å². The van der Waals surface area contributed by atoms with Gasteiger partial charge in [0.15, 0.2) is 0 Å². The molecule has 2 aromatic carbocycles. The molecule has 0 saturated heterocycles. The van der Waals surface area contributed by atoms with E-state index in [1.807, 2.05) is 37.3 Å². The molecule has 0 unspecified atom stereocenters. The summed E-state index contributed by atoms with van der Waals surface area (Å²) < 4.78 is 5.35. The minimum Gasteiger partial charge on any atom is -0.478 e. The molecule has 6 nitrogen and oxygen atoms in total. The molecule has 4 N–H and O–H groups in total. The fourth-order valence-electron chi connectivity index (χ4n) is 2.96. The molecule has 0 amide bonds. The number of hydrogen-bond donors (Lipinski definition) is 4. The van der Waals surface area contributed by atoms with E-state index in [0.29, 0.717) is 29.4 Å². The summed E-state index contributed by atoms with van der Waals surface area (Å²) >= 11 is 5.97. The largest absolute Gasteiger partial charge is 0.478 e. The number of carbonyl (C=O) groups is 1. The summed E-state index contributed by atoms with van der Waals surface area (Å²) in [5.74, 6) is -0.694. The maximum absolute atomic E-state index is 11.3. The smallest absolute Gasteiger partial charge is 0.339 e. The summed E-state index contributed by atoms with van der Waals surface area (Å²) in [5, 5.41) is 26.7. The van der Waals surface area contributed by atoms with Gasteiger partial charge in [0.1, 0.15) is 11.3 Å². The van der Waals surface area contributed by atoms with Crippen molar-refractivity contribution < 1.29 is 19.4 Å². The highest BCUT2D eigenvalue weighted by Crippen LogP contribution is 2.27. The van der Waals surface area contributed by atoms with E-state index in [1.165, 1.54) is 12.3 Å². The first-order valence-corrected chi connectivity index (χ1v) is 9.64. The van der Waals surface area contributed by atoms with Crippen LogP contribution in [0.1, 0.15) is 28.9 Å². The fraction of sp³-hybridized carbons (Fsp3) is 0.227. The number of rotatable bonds is 9. The topological polar surface area (TPSA) is 94.7 Å². The minimum absolute atomic E-state index is 0.0886. The first kappa shape index (κ1) is 20.9. The standard InChI is InChI=1S/C22H23ClN2O4/c1-14(24-13-20(26)15-4-2-6-17(23)10-15)12-25-18-7-3-5-16(11-18)21-19(22(27)28)8-9-29-21/h2-11,14,20,24-26H,12-13H2,1H3,(H,27,28)/t14-,20+/m1/s1. The van der Waals surface area contributed by atoms with Gasteiger partial charge in [-0.2, -0.15) is 0 Å². The van der Waals surface area contributed by atoms with Crippen molar-refractivity contribution in [3.05, 3.63) is 77.0 Å². The summed E-state index contributed by atoms with van der Waals surface area (Å²) in [6.45, 7) is 3.03. The molecule has 152 valence electrons. The molecule has 0 aliphatic carbocycles. The molecule has 1 heterocycles. The quantitative estimate of drug-likeness (QED) is 0.414. The van der Waals surface area contributed by atoms with E-state index >= 15 is 0 Å². The Morgan fingerprint density at radius 2 is 1.93 bits per heavy atom. The van der Waals surface area contributed by atoms with Crippen LogP contribution < -0.4 is 10.6 Å². The molecule has 7 heteroatoms. The molecule has 2 atom stereocenters. The molecule has 1 aromatic heterocycles. The van der Waals surface area contributed by atoms with Gasteiger partial charge in [-0.05, 0) is 42.8 Å². The molecular weight excluding hydrogens is 392 g/mol. The van der Waals surface area contributed by atoms with E-state index in [-0.39, 0.29) is 11.6 Å². The van der Waals surface area contributed by atoms with Gasteiger partial charge in [-0.1, -0.05) is 35.9 Å².